The Labute approximate surface area is 106 Å². The number of rotatable bonds is 3. The van der Waals surface area contributed by atoms with E-state index in [1.165, 1.54) is 7.11 Å². The van der Waals surface area contributed by atoms with Crippen molar-refractivity contribution in [2.24, 2.45) is 0 Å². The van der Waals surface area contributed by atoms with Crippen LogP contribution in [0.5, 0.6) is 0 Å². The van der Waals surface area contributed by atoms with Crippen molar-refractivity contribution >= 4 is 34.8 Å². The Kier molecular flexibility index (Phi) is 5.22. The smallest absolute Gasteiger partial charge is 0.411 e. The molecule has 0 aliphatic heterocycles. The van der Waals surface area contributed by atoms with E-state index in [1.807, 2.05) is 19.1 Å². The van der Waals surface area contributed by atoms with Crippen molar-refractivity contribution in [3.8, 4) is 0 Å². The second-order valence-corrected chi connectivity index (χ2v) is 3.59. The fourth-order valence-electron chi connectivity index (χ4n) is 1.18. The highest BCUT2D eigenvalue weighted by atomic mass is 32.1. The number of hydrogen-bond donors (Lipinski definition) is 3. The van der Waals surface area contributed by atoms with Crippen molar-refractivity contribution < 1.29 is 9.53 Å². The lowest BCUT2D eigenvalue weighted by atomic mass is 10.3. The van der Waals surface area contributed by atoms with Crippen LogP contribution in [0.1, 0.15) is 6.92 Å². The number of carbonyl (C=O) groups excluding carboxylic acids is 1. The van der Waals surface area contributed by atoms with Crippen LogP contribution >= 0.6 is 12.2 Å². The molecule has 0 heterocycles. The quantitative estimate of drug-likeness (QED) is 0.721. The summed E-state index contributed by atoms with van der Waals surface area (Å²) in [6, 6.07) is 7.19. The van der Waals surface area contributed by atoms with Crippen molar-refractivity contribution in [3.05, 3.63) is 24.3 Å². The van der Waals surface area contributed by atoms with Crippen LogP contribution in [0.25, 0.3) is 0 Å². The highest BCUT2D eigenvalue weighted by molar-refractivity contribution is 7.80. The van der Waals surface area contributed by atoms with Gasteiger partial charge in [0.2, 0.25) is 0 Å². The molecule has 0 bridgehead atoms. The number of methoxy groups -OCH3 is 1. The topological polar surface area (TPSA) is 62.4 Å². The number of ether oxygens (including phenoxy) is 1. The molecule has 92 valence electrons. The molecule has 0 spiro atoms. The fraction of sp³-hybridized carbons (Fsp3) is 0.273. The molecule has 0 saturated heterocycles. The standard InChI is InChI=1S/C11H15N3O2S/c1-3-12-10(17)13-8-5-4-6-9(7-8)14-11(15)16-2/h4-7H,3H2,1-2H3,(H,14,15)(H2,12,13,17). The van der Waals surface area contributed by atoms with Gasteiger partial charge in [0.15, 0.2) is 5.11 Å². The second-order valence-electron chi connectivity index (χ2n) is 3.18. The first-order valence-corrected chi connectivity index (χ1v) is 5.56. The summed E-state index contributed by atoms with van der Waals surface area (Å²) in [4.78, 5) is 11.0. The average Bonchev–Trinajstić information content (AvgIpc) is 2.29. The lowest BCUT2D eigenvalue weighted by Gasteiger charge is -2.10. The molecule has 1 amide bonds. The van der Waals surface area contributed by atoms with Gasteiger partial charge in [0, 0.05) is 17.9 Å². The molecule has 1 rings (SSSR count). The van der Waals surface area contributed by atoms with Crippen LogP contribution in [0.3, 0.4) is 0 Å². The molecule has 17 heavy (non-hydrogen) atoms. The van der Waals surface area contributed by atoms with Gasteiger partial charge in [-0.25, -0.2) is 4.79 Å². The number of amides is 1. The molecule has 1 aromatic rings. The lowest BCUT2D eigenvalue weighted by Crippen LogP contribution is -2.27. The van der Waals surface area contributed by atoms with E-state index in [0.29, 0.717) is 10.8 Å². The van der Waals surface area contributed by atoms with Gasteiger partial charge in [-0.05, 0) is 37.3 Å². The van der Waals surface area contributed by atoms with Gasteiger partial charge < -0.3 is 15.4 Å². The van der Waals surface area contributed by atoms with Crippen LogP contribution in [0.2, 0.25) is 0 Å². The van der Waals surface area contributed by atoms with Crippen molar-refractivity contribution in [3.63, 3.8) is 0 Å². The number of thiocarbonyl (C=S) groups is 1. The zero-order chi connectivity index (χ0) is 12.7. The average molecular weight is 253 g/mol. The summed E-state index contributed by atoms with van der Waals surface area (Å²) < 4.78 is 4.51. The van der Waals surface area contributed by atoms with Gasteiger partial charge in [-0.2, -0.15) is 0 Å². The van der Waals surface area contributed by atoms with Gasteiger partial charge in [0.1, 0.15) is 0 Å². The molecule has 0 unspecified atom stereocenters. The fourth-order valence-corrected chi connectivity index (χ4v) is 1.44. The summed E-state index contributed by atoms with van der Waals surface area (Å²) >= 11 is 5.05. The monoisotopic (exact) mass is 253 g/mol. The first-order chi connectivity index (χ1) is 8.15. The van der Waals surface area contributed by atoms with E-state index in [4.69, 9.17) is 12.2 Å². The van der Waals surface area contributed by atoms with E-state index in [2.05, 4.69) is 20.7 Å². The van der Waals surface area contributed by atoms with Crippen LogP contribution in [0.4, 0.5) is 16.2 Å². The Morgan fingerprint density at radius 3 is 2.59 bits per heavy atom. The van der Waals surface area contributed by atoms with Crippen LogP contribution in [0, 0.1) is 0 Å². The van der Waals surface area contributed by atoms with Crippen molar-refractivity contribution in [1.82, 2.24) is 5.32 Å². The Bertz CT molecular complexity index is 409. The summed E-state index contributed by atoms with van der Waals surface area (Å²) in [5.41, 5.74) is 1.44. The molecule has 0 fully saturated rings. The van der Waals surface area contributed by atoms with Crippen molar-refractivity contribution in [2.75, 3.05) is 24.3 Å². The van der Waals surface area contributed by atoms with Crippen LogP contribution < -0.4 is 16.0 Å². The molecule has 3 N–H and O–H groups in total. The minimum Gasteiger partial charge on any atom is -0.453 e. The Morgan fingerprint density at radius 1 is 1.35 bits per heavy atom. The predicted octanol–water partition coefficient (Wildman–Crippen LogP) is 2.17. The highest BCUT2D eigenvalue weighted by Gasteiger charge is 2.02. The van der Waals surface area contributed by atoms with E-state index in [9.17, 15) is 4.79 Å². The number of hydrogen-bond acceptors (Lipinski definition) is 3. The van der Waals surface area contributed by atoms with E-state index >= 15 is 0 Å². The van der Waals surface area contributed by atoms with Crippen LogP contribution in [0.15, 0.2) is 24.3 Å². The summed E-state index contributed by atoms with van der Waals surface area (Å²) in [6.07, 6.45) is -0.503. The van der Waals surface area contributed by atoms with Crippen molar-refractivity contribution in [1.29, 1.82) is 0 Å². The maximum absolute atomic E-state index is 11.0. The molecule has 0 aromatic heterocycles. The minimum atomic E-state index is -0.503. The second kappa shape index (κ2) is 6.70. The summed E-state index contributed by atoms with van der Waals surface area (Å²) in [5, 5.41) is 9.09. The Morgan fingerprint density at radius 2 is 2.00 bits per heavy atom. The molecule has 0 radical (unpaired) electrons. The third kappa shape index (κ3) is 4.69. The van der Waals surface area contributed by atoms with E-state index in [-0.39, 0.29) is 0 Å². The molecular formula is C11H15N3O2S. The molecule has 0 saturated carbocycles. The van der Waals surface area contributed by atoms with Gasteiger partial charge >= 0.3 is 6.09 Å². The zero-order valence-electron chi connectivity index (χ0n) is 9.74. The summed E-state index contributed by atoms with van der Waals surface area (Å²) in [7, 11) is 1.32. The summed E-state index contributed by atoms with van der Waals surface area (Å²) in [5.74, 6) is 0. The number of nitrogens with one attached hydrogen (secondary N) is 3. The first kappa shape index (κ1) is 13.2. The van der Waals surface area contributed by atoms with E-state index in [0.717, 1.165) is 12.2 Å². The summed E-state index contributed by atoms with van der Waals surface area (Å²) in [6.45, 7) is 2.72. The number of anilines is 2. The molecule has 5 nitrogen and oxygen atoms in total. The van der Waals surface area contributed by atoms with Crippen molar-refractivity contribution in [2.45, 2.75) is 6.92 Å². The van der Waals surface area contributed by atoms with Gasteiger partial charge in [-0.1, -0.05) is 6.07 Å². The third-order valence-electron chi connectivity index (χ3n) is 1.89. The highest BCUT2D eigenvalue weighted by Crippen LogP contribution is 2.15. The Balaban J connectivity index is 2.65. The zero-order valence-corrected chi connectivity index (χ0v) is 10.6. The van der Waals surface area contributed by atoms with Gasteiger partial charge in [-0.15, -0.1) is 0 Å². The maximum atomic E-state index is 11.0. The Hall–Kier alpha value is -1.82. The molecular weight excluding hydrogens is 238 g/mol. The van der Waals surface area contributed by atoms with Gasteiger partial charge in [-0.3, -0.25) is 5.32 Å². The third-order valence-corrected chi connectivity index (χ3v) is 2.14. The van der Waals surface area contributed by atoms with Crippen LogP contribution in [-0.2, 0) is 4.74 Å². The molecule has 1 aromatic carbocycles. The molecule has 0 aliphatic carbocycles. The number of carbonyl (C=O) groups is 1. The maximum Gasteiger partial charge on any atom is 0.411 e. The lowest BCUT2D eigenvalue weighted by molar-refractivity contribution is 0.187. The minimum absolute atomic E-state index is 0.503. The number of benzene rings is 1. The molecule has 0 aliphatic rings. The molecule has 6 heteroatoms. The molecule has 0 atom stereocenters. The van der Waals surface area contributed by atoms with Gasteiger partial charge in [0.25, 0.3) is 0 Å². The first-order valence-electron chi connectivity index (χ1n) is 5.15. The predicted molar refractivity (Wildman–Crippen MR) is 72.4 cm³/mol. The largest absolute Gasteiger partial charge is 0.453 e. The van der Waals surface area contributed by atoms with E-state index < -0.39 is 6.09 Å². The normalized spacial score (nSPS) is 9.29. The SMILES string of the molecule is CCNC(=S)Nc1cccc(NC(=O)OC)c1. The van der Waals surface area contributed by atoms with Gasteiger partial charge in [0.05, 0.1) is 7.11 Å². The van der Waals surface area contributed by atoms with E-state index in [1.54, 1.807) is 12.1 Å². The van der Waals surface area contributed by atoms with Crippen LogP contribution in [-0.4, -0.2) is 24.9 Å².